The third kappa shape index (κ3) is 3.41. The summed E-state index contributed by atoms with van der Waals surface area (Å²) >= 11 is 5.96. The van der Waals surface area contributed by atoms with Gasteiger partial charge in [-0.2, -0.15) is 5.10 Å². The predicted molar refractivity (Wildman–Crippen MR) is 84.2 cm³/mol. The number of nitrogens with zero attached hydrogens (tertiary/aromatic N) is 2. The van der Waals surface area contributed by atoms with Crippen molar-refractivity contribution >= 4 is 11.6 Å². The molecule has 3 nitrogen and oxygen atoms in total. The van der Waals surface area contributed by atoms with E-state index < -0.39 is 0 Å². The second-order valence-electron chi connectivity index (χ2n) is 4.89. The van der Waals surface area contributed by atoms with Crippen LogP contribution in [0.3, 0.4) is 0 Å². The number of rotatable bonds is 6. The van der Waals surface area contributed by atoms with Crippen molar-refractivity contribution in [3.63, 3.8) is 0 Å². The number of aromatic nitrogens is 2. The van der Waals surface area contributed by atoms with E-state index in [1.54, 1.807) is 0 Å². The normalized spacial score (nSPS) is 12.6. The lowest BCUT2D eigenvalue weighted by Gasteiger charge is -2.17. The summed E-state index contributed by atoms with van der Waals surface area (Å²) in [5.74, 6) is 0. The van der Waals surface area contributed by atoms with Gasteiger partial charge in [0.05, 0.1) is 5.69 Å². The molecule has 0 aliphatic heterocycles. The van der Waals surface area contributed by atoms with Gasteiger partial charge in [0.25, 0.3) is 0 Å². The Morgan fingerprint density at radius 3 is 2.50 bits per heavy atom. The Morgan fingerprint density at radius 1 is 1.25 bits per heavy atom. The van der Waals surface area contributed by atoms with Gasteiger partial charge in [-0.05, 0) is 44.2 Å². The van der Waals surface area contributed by atoms with Crippen molar-refractivity contribution in [2.24, 2.45) is 0 Å². The highest BCUT2D eigenvalue weighted by Crippen LogP contribution is 2.21. The fourth-order valence-corrected chi connectivity index (χ4v) is 2.54. The van der Waals surface area contributed by atoms with Crippen molar-refractivity contribution in [2.45, 2.75) is 39.3 Å². The molecule has 1 atom stereocenters. The molecule has 0 spiro atoms. The first kappa shape index (κ1) is 15.1. The second kappa shape index (κ2) is 6.91. The lowest BCUT2D eigenvalue weighted by molar-refractivity contribution is 0.540. The van der Waals surface area contributed by atoms with Crippen molar-refractivity contribution in [3.8, 4) is 0 Å². The van der Waals surface area contributed by atoms with Gasteiger partial charge >= 0.3 is 0 Å². The topological polar surface area (TPSA) is 29.9 Å². The average molecular weight is 292 g/mol. The first-order valence-corrected chi connectivity index (χ1v) is 7.54. The molecule has 20 heavy (non-hydrogen) atoms. The SMILES string of the molecule is CCc1cc(CC(NC)c2ccc(Cl)cc2)n(CC)n1. The van der Waals surface area contributed by atoms with E-state index in [-0.39, 0.29) is 6.04 Å². The fourth-order valence-electron chi connectivity index (χ4n) is 2.42. The summed E-state index contributed by atoms with van der Waals surface area (Å²) < 4.78 is 2.10. The minimum absolute atomic E-state index is 0.277. The van der Waals surface area contributed by atoms with Crippen molar-refractivity contribution in [2.75, 3.05) is 7.05 Å². The molecule has 0 radical (unpaired) electrons. The fraction of sp³-hybridized carbons (Fsp3) is 0.438. The highest BCUT2D eigenvalue weighted by molar-refractivity contribution is 6.30. The third-order valence-corrected chi connectivity index (χ3v) is 3.86. The minimum atomic E-state index is 0.277. The molecule has 1 aromatic heterocycles. The van der Waals surface area contributed by atoms with E-state index >= 15 is 0 Å². The summed E-state index contributed by atoms with van der Waals surface area (Å²) in [6, 6.07) is 10.5. The lowest BCUT2D eigenvalue weighted by Crippen LogP contribution is -2.20. The highest BCUT2D eigenvalue weighted by atomic mass is 35.5. The molecule has 0 aliphatic rings. The number of nitrogens with one attached hydrogen (secondary N) is 1. The van der Waals surface area contributed by atoms with E-state index in [2.05, 4.69) is 47.1 Å². The molecule has 2 rings (SSSR count). The number of hydrogen-bond acceptors (Lipinski definition) is 2. The van der Waals surface area contributed by atoms with Gasteiger partial charge < -0.3 is 5.32 Å². The van der Waals surface area contributed by atoms with Gasteiger partial charge in [-0.1, -0.05) is 30.7 Å². The minimum Gasteiger partial charge on any atom is -0.313 e. The molecule has 1 N–H and O–H groups in total. The van der Waals surface area contributed by atoms with Gasteiger partial charge in [0.2, 0.25) is 0 Å². The van der Waals surface area contributed by atoms with E-state index in [0.29, 0.717) is 0 Å². The zero-order valence-electron chi connectivity index (χ0n) is 12.4. The average Bonchev–Trinajstić information content (AvgIpc) is 2.88. The van der Waals surface area contributed by atoms with Crippen molar-refractivity contribution in [1.29, 1.82) is 0 Å². The van der Waals surface area contributed by atoms with Crippen LogP contribution < -0.4 is 5.32 Å². The van der Waals surface area contributed by atoms with Crippen LogP contribution in [0.4, 0.5) is 0 Å². The molecule has 0 amide bonds. The summed E-state index contributed by atoms with van der Waals surface area (Å²) in [6.07, 6.45) is 1.91. The molecule has 2 aromatic rings. The molecular weight excluding hydrogens is 270 g/mol. The first-order valence-electron chi connectivity index (χ1n) is 7.16. The molecule has 4 heteroatoms. The maximum Gasteiger partial charge on any atom is 0.0624 e. The molecule has 0 saturated heterocycles. The Bertz CT molecular complexity index is 545. The van der Waals surface area contributed by atoms with E-state index in [9.17, 15) is 0 Å². The molecule has 1 unspecified atom stereocenters. The van der Waals surface area contributed by atoms with Gasteiger partial charge in [0.1, 0.15) is 0 Å². The Balaban J connectivity index is 2.21. The Hall–Kier alpha value is -1.32. The molecule has 108 valence electrons. The van der Waals surface area contributed by atoms with E-state index in [1.165, 1.54) is 11.3 Å². The number of likely N-dealkylation sites (N-methyl/N-ethyl adjacent to an activating group) is 1. The zero-order valence-corrected chi connectivity index (χ0v) is 13.1. The lowest BCUT2D eigenvalue weighted by atomic mass is 10.0. The van der Waals surface area contributed by atoms with E-state index in [0.717, 1.165) is 30.1 Å². The molecule has 1 aromatic carbocycles. The quantitative estimate of drug-likeness (QED) is 0.881. The summed E-state index contributed by atoms with van der Waals surface area (Å²) in [5, 5.41) is 8.76. The first-order chi connectivity index (χ1) is 9.67. The number of aryl methyl sites for hydroxylation is 2. The molecule has 0 aliphatic carbocycles. The van der Waals surface area contributed by atoms with Crippen LogP contribution in [0.1, 0.15) is 36.8 Å². The Labute approximate surface area is 126 Å². The third-order valence-electron chi connectivity index (χ3n) is 3.61. The van der Waals surface area contributed by atoms with Crippen LogP contribution in [0.5, 0.6) is 0 Å². The second-order valence-corrected chi connectivity index (χ2v) is 5.33. The summed E-state index contributed by atoms with van der Waals surface area (Å²) in [6.45, 7) is 5.18. The van der Waals surface area contributed by atoms with Gasteiger partial charge in [0.15, 0.2) is 0 Å². The maximum atomic E-state index is 5.96. The number of halogens is 1. The molecule has 0 saturated carbocycles. The van der Waals surface area contributed by atoms with Crippen LogP contribution in [-0.4, -0.2) is 16.8 Å². The van der Waals surface area contributed by atoms with Crippen molar-refractivity contribution in [3.05, 3.63) is 52.3 Å². The predicted octanol–water partition coefficient (Wildman–Crippen LogP) is 3.62. The van der Waals surface area contributed by atoms with Crippen LogP contribution >= 0.6 is 11.6 Å². The Morgan fingerprint density at radius 2 is 1.95 bits per heavy atom. The van der Waals surface area contributed by atoms with Crippen LogP contribution in [-0.2, 0) is 19.4 Å². The molecular formula is C16H22ClN3. The van der Waals surface area contributed by atoms with Gasteiger partial charge in [-0.15, -0.1) is 0 Å². The Kier molecular flexibility index (Phi) is 5.21. The van der Waals surface area contributed by atoms with Crippen molar-refractivity contribution in [1.82, 2.24) is 15.1 Å². The van der Waals surface area contributed by atoms with Crippen LogP contribution in [0, 0.1) is 0 Å². The number of benzene rings is 1. The summed E-state index contributed by atoms with van der Waals surface area (Å²) in [5.41, 5.74) is 3.69. The zero-order chi connectivity index (χ0) is 14.5. The van der Waals surface area contributed by atoms with Crippen molar-refractivity contribution < 1.29 is 0 Å². The monoisotopic (exact) mass is 291 g/mol. The van der Waals surface area contributed by atoms with Gasteiger partial charge in [0, 0.05) is 29.7 Å². The molecule has 0 fully saturated rings. The molecule has 1 heterocycles. The highest BCUT2D eigenvalue weighted by Gasteiger charge is 2.14. The summed E-state index contributed by atoms with van der Waals surface area (Å²) in [7, 11) is 1.99. The summed E-state index contributed by atoms with van der Waals surface area (Å²) in [4.78, 5) is 0. The van der Waals surface area contributed by atoms with Crippen LogP contribution in [0.25, 0.3) is 0 Å². The van der Waals surface area contributed by atoms with E-state index in [4.69, 9.17) is 11.6 Å². The van der Waals surface area contributed by atoms with Gasteiger partial charge in [-0.25, -0.2) is 0 Å². The smallest absolute Gasteiger partial charge is 0.0624 e. The number of hydrogen-bond donors (Lipinski definition) is 1. The van der Waals surface area contributed by atoms with E-state index in [1.807, 2.05) is 19.2 Å². The van der Waals surface area contributed by atoms with Crippen LogP contribution in [0.15, 0.2) is 30.3 Å². The van der Waals surface area contributed by atoms with Gasteiger partial charge in [-0.3, -0.25) is 4.68 Å². The van der Waals surface area contributed by atoms with Crippen LogP contribution in [0.2, 0.25) is 5.02 Å². The largest absolute Gasteiger partial charge is 0.313 e. The maximum absolute atomic E-state index is 5.96. The molecule has 0 bridgehead atoms. The standard InChI is InChI=1S/C16H22ClN3/c1-4-14-10-15(20(5-2)19-14)11-16(18-3)12-6-8-13(17)9-7-12/h6-10,16,18H,4-5,11H2,1-3H3.